The zero-order chi connectivity index (χ0) is 13.1. The van der Waals surface area contributed by atoms with E-state index in [1.807, 2.05) is 0 Å². The van der Waals surface area contributed by atoms with Crippen LogP contribution in [-0.2, 0) is 0 Å². The molecule has 0 spiro atoms. The van der Waals surface area contributed by atoms with Gasteiger partial charge in [0, 0.05) is 18.6 Å². The molecule has 4 heteroatoms. The first kappa shape index (κ1) is 13.8. The van der Waals surface area contributed by atoms with E-state index >= 15 is 0 Å². The Morgan fingerprint density at radius 3 is 2.67 bits per heavy atom. The predicted octanol–water partition coefficient (Wildman–Crippen LogP) is 3.35. The van der Waals surface area contributed by atoms with Crippen LogP contribution >= 0.6 is 11.6 Å². The van der Waals surface area contributed by atoms with Crippen molar-refractivity contribution in [1.29, 1.82) is 0 Å². The molecule has 2 rings (SSSR count). The van der Waals surface area contributed by atoms with E-state index in [0.29, 0.717) is 12.6 Å². The van der Waals surface area contributed by atoms with Crippen molar-refractivity contribution in [2.45, 2.75) is 37.8 Å². The molecule has 0 saturated heterocycles. The summed E-state index contributed by atoms with van der Waals surface area (Å²) >= 11 is 5.84. The summed E-state index contributed by atoms with van der Waals surface area (Å²) in [5, 5.41) is 0.172. The second-order valence-corrected chi connectivity index (χ2v) is 5.44. The molecule has 0 heterocycles. The maximum Gasteiger partial charge on any atom is 0.141 e. The molecule has 1 aliphatic carbocycles. The third-order valence-corrected chi connectivity index (χ3v) is 4.23. The summed E-state index contributed by atoms with van der Waals surface area (Å²) in [5.74, 6) is -0.375. The van der Waals surface area contributed by atoms with Gasteiger partial charge in [0.2, 0.25) is 0 Å². The predicted molar refractivity (Wildman–Crippen MR) is 73.2 cm³/mol. The monoisotopic (exact) mass is 270 g/mol. The van der Waals surface area contributed by atoms with Crippen molar-refractivity contribution in [2.75, 3.05) is 13.6 Å². The number of hydrogen-bond donors (Lipinski definition) is 1. The lowest BCUT2D eigenvalue weighted by Crippen LogP contribution is -2.37. The van der Waals surface area contributed by atoms with E-state index in [2.05, 4.69) is 11.9 Å². The minimum atomic E-state index is -0.375. The highest BCUT2D eigenvalue weighted by atomic mass is 35.5. The van der Waals surface area contributed by atoms with E-state index in [4.69, 9.17) is 17.3 Å². The van der Waals surface area contributed by atoms with Crippen molar-refractivity contribution in [3.63, 3.8) is 0 Å². The lowest BCUT2D eigenvalue weighted by molar-refractivity contribution is 0.179. The van der Waals surface area contributed by atoms with E-state index in [1.165, 1.54) is 31.7 Å². The number of nitrogens with two attached hydrogens (primary N) is 1. The van der Waals surface area contributed by atoms with Gasteiger partial charge in [-0.3, -0.25) is 4.90 Å². The highest BCUT2D eigenvalue weighted by molar-refractivity contribution is 6.30. The summed E-state index contributed by atoms with van der Waals surface area (Å²) in [5.41, 5.74) is 6.88. The van der Waals surface area contributed by atoms with Gasteiger partial charge >= 0.3 is 0 Å². The summed E-state index contributed by atoms with van der Waals surface area (Å²) in [6, 6.07) is 5.60. The smallest absolute Gasteiger partial charge is 0.141 e. The van der Waals surface area contributed by atoms with Crippen LogP contribution in [0.5, 0.6) is 0 Å². The van der Waals surface area contributed by atoms with Crippen LogP contribution in [0, 0.1) is 5.82 Å². The van der Waals surface area contributed by atoms with Gasteiger partial charge in [0.05, 0.1) is 5.02 Å². The second-order valence-electron chi connectivity index (χ2n) is 5.03. The molecular weight excluding hydrogens is 251 g/mol. The number of rotatable bonds is 4. The molecule has 1 fully saturated rings. The molecule has 1 aliphatic rings. The Morgan fingerprint density at radius 2 is 2.11 bits per heavy atom. The average molecular weight is 271 g/mol. The zero-order valence-corrected chi connectivity index (χ0v) is 11.5. The topological polar surface area (TPSA) is 29.3 Å². The van der Waals surface area contributed by atoms with Gasteiger partial charge in [-0.05, 0) is 37.6 Å². The molecule has 1 aromatic rings. The number of hydrogen-bond acceptors (Lipinski definition) is 2. The number of benzene rings is 1. The van der Waals surface area contributed by atoms with Gasteiger partial charge in [-0.15, -0.1) is 0 Å². The lowest BCUT2D eigenvalue weighted by Gasteiger charge is -2.32. The van der Waals surface area contributed by atoms with Gasteiger partial charge < -0.3 is 5.73 Å². The van der Waals surface area contributed by atoms with E-state index in [9.17, 15) is 4.39 Å². The molecule has 1 atom stereocenters. The summed E-state index contributed by atoms with van der Waals surface area (Å²) < 4.78 is 13.2. The van der Waals surface area contributed by atoms with Crippen molar-refractivity contribution in [3.05, 3.63) is 34.6 Å². The SMILES string of the molecule is CN(C1CCCC1)C(CN)c1ccc(F)c(Cl)c1. The summed E-state index contributed by atoms with van der Waals surface area (Å²) in [6.45, 7) is 0.523. The Balaban J connectivity index is 2.18. The van der Waals surface area contributed by atoms with E-state index in [1.54, 1.807) is 12.1 Å². The van der Waals surface area contributed by atoms with Crippen LogP contribution in [0.25, 0.3) is 0 Å². The van der Waals surface area contributed by atoms with Crippen molar-refractivity contribution in [2.24, 2.45) is 5.73 Å². The van der Waals surface area contributed by atoms with E-state index in [0.717, 1.165) is 5.56 Å². The molecule has 0 bridgehead atoms. The average Bonchev–Trinajstić information content (AvgIpc) is 2.88. The fourth-order valence-corrected chi connectivity index (χ4v) is 3.01. The fourth-order valence-electron chi connectivity index (χ4n) is 2.82. The molecule has 1 saturated carbocycles. The van der Waals surface area contributed by atoms with Crippen LogP contribution in [0.3, 0.4) is 0 Å². The molecule has 0 aromatic heterocycles. The third kappa shape index (κ3) is 2.85. The molecule has 1 unspecified atom stereocenters. The van der Waals surface area contributed by atoms with Crippen molar-refractivity contribution < 1.29 is 4.39 Å². The van der Waals surface area contributed by atoms with Gasteiger partial charge in [-0.25, -0.2) is 4.39 Å². The summed E-state index contributed by atoms with van der Waals surface area (Å²) in [7, 11) is 2.10. The van der Waals surface area contributed by atoms with Gasteiger partial charge in [0.15, 0.2) is 0 Å². The molecule has 1 aromatic carbocycles. The zero-order valence-electron chi connectivity index (χ0n) is 10.7. The molecule has 2 nitrogen and oxygen atoms in total. The van der Waals surface area contributed by atoms with Crippen LogP contribution in [0.2, 0.25) is 5.02 Å². The molecule has 100 valence electrons. The van der Waals surface area contributed by atoms with Gasteiger partial charge in [0.1, 0.15) is 5.82 Å². The van der Waals surface area contributed by atoms with Gasteiger partial charge in [-0.2, -0.15) is 0 Å². The Labute approximate surface area is 113 Å². The Hall–Kier alpha value is -0.640. The Morgan fingerprint density at radius 1 is 1.44 bits per heavy atom. The van der Waals surface area contributed by atoms with Crippen molar-refractivity contribution >= 4 is 11.6 Å². The first-order chi connectivity index (χ1) is 8.63. The summed E-state index contributed by atoms with van der Waals surface area (Å²) in [4.78, 5) is 2.32. The number of halogens is 2. The van der Waals surface area contributed by atoms with Crippen molar-refractivity contribution in [1.82, 2.24) is 4.90 Å². The highest BCUT2D eigenvalue weighted by Gasteiger charge is 2.26. The standard InChI is InChI=1S/C14H20ClFN2/c1-18(11-4-2-3-5-11)14(9-17)10-6-7-13(16)12(15)8-10/h6-8,11,14H,2-5,9,17H2,1H3. The number of likely N-dealkylation sites (N-methyl/N-ethyl adjacent to an activating group) is 1. The Bertz CT molecular complexity index is 405. The first-order valence-corrected chi connectivity index (χ1v) is 6.88. The Kier molecular flexibility index (Phi) is 4.60. The quantitative estimate of drug-likeness (QED) is 0.909. The maximum absolute atomic E-state index is 13.2. The molecular formula is C14H20ClFN2. The normalized spacial score (nSPS) is 18.5. The molecule has 2 N–H and O–H groups in total. The van der Waals surface area contributed by atoms with Gasteiger partial charge in [-0.1, -0.05) is 30.5 Å². The lowest BCUT2D eigenvalue weighted by atomic mass is 10.0. The molecule has 0 amide bonds. The molecule has 18 heavy (non-hydrogen) atoms. The van der Waals surface area contributed by atoms with Crippen LogP contribution < -0.4 is 5.73 Å². The van der Waals surface area contributed by atoms with Crippen molar-refractivity contribution in [3.8, 4) is 0 Å². The highest BCUT2D eigenvalue weighted by Crippen LogP contribution is 2.30. The maximum atomic E-state index is 13.2. The first-order valence-electron chi connectivity index (χ1n) is 6.50. The third-order valence-electron chi connectivity index (χ3n) is 3.94. The fraction of sp³-hybridized carbons (Fsp3) is 0.571. The molecule has 0 radical (unpaired) electrons. The van der Waals surface area contributed by atoms with Gasteiger partial charge in [0.25, 0.3) is 0 Å². The minimum absolute atomic E-state index is 0.117. The largest absolute Gasteiger partial charge is 0.329 e. The van der Waals surface area contributed by atoms with Crippen LogP contribution in [-0.4, -0.2) is 24.5 Å². The van der Waals surface area contributed by atoms with Crippen LogP contribution in [0.15, 0.2) is 18.2 Å². The summed E-state index contributed by atoms with van der Waals surface area (Å²) in [6.07, 6.45) is 5.02. The van der Waals surface area contributed by atoms with Crippen LogP contribution in [0.4, 0.5) is 4.39 Å². The number of nitrogens with zero attached hydrogens (tertiary/aromatic N) is 1. The van der Waals surface area contributed by atoms with E-state index in [-0.39, 0.29) is 16.9 Å². The minimum Gasteiger partial charge on any atom is -0.329 e. The second kappa shape index (κ2) is 6.00. The van der Waals surface area contributed by atoms with E-state index < -0.39 is 0 Å². The molecule has 0 aliphatic heterocycles. The van der Waals surface area contributed by atoms with Crippen LogP contribution in [0.1, 0.15) is 37.3 Å².